The van der Waals surface area contributed by atoms with E-state index >= 15 is 0 Å². The molecule has 3 rings (SSSR count). The Morgan fingerprint density at radius 3 is 2.65 bits per heavy atom. The van der Waals surface area contributed by atoms with E-state index in [1.54, 1.807) is 30.0 Å². The Bertz CT molecular complexity index is 977. The van der Waals surface area contributed by atoms with E-state index in [2.05, 4.69) is 15.7 Å². The van der Waals surface area contributed by atoms with Crippen LogP contribution in [0, 0.1) is 13.8 Å². The number of carbonyl (C=O) groups is 2. The van der Waals surface area contributed by atoms with Gasteiger partial charge in [0.2, 0.25) is 5.91 Å². The van der Waals surface area contributed by atoms with Crippen LogP contribution in [0.4, 0.5) is 5.69 Å². The van der Waals surface area contributed by atoms with Gasteiger partial charge in [-0.1, -0.05) is 0 Å². The van der Waals surface area contributed by atoms with Crippen molar-refractivity contribution in [2.75, 3.05) is 11.9 Å². The fraction of sp³-hybridized carbons (Fsp3) is 0.389. The molecule has 0 radical (unpaired) electrons. The summed E-state index contributed by atoms with van der Waals surface area (Å²) in [7, 11) is 1.78. The minimum atomic E-state index is -0.333. The minimum Gasteiger partial charge on any atom is -0.463 e. The first-order valence-electron chi connectivity index (χ1n) is 8.46. The van der Waals surface area contributed by atoms with E-state index in [0.717, 1.165) is 16.9 Å². The zero-order valence-electron chi connectivity index (χ0n) is 15.6. The quantitative estimate of drug-likeness (QED) is 0.734. The summed E-state index contributed by atoms with van der Waals surface area (Å²) in [6.45, 7) is 7.69. The number of aromatic nitrogens is 3. The lowest BCUT2D eigenvalue weighted by Crippen LogP contribution is -2.34. The molecule has 3 heterocycles. The molecule has 0 saturated heterocycles. The lowest BCUT2D eigenvalue weighted by molar-refractivity contribution is -0.115. The van der Waals surface area contributed by atoms with Gasteiger partial charge in [-0.05, 0) is 27.7 Å². The predicted octanol–water partition coefficient (Wildman–Crippen LogP) is 2.53. The monoisotopic (exact) mass is 357 g/mol. The molecule has 2 N–H and O–H groups in total. The number of nitrogens with zero attached hydrogens (tertiary/aromatic N) is 3. The molecular weight excluding hydrogens is 334 g/mol. The summed E-state index contributed by atoms with van der Waals surface area (Å²) >= 11 is 0. The number of anilines is 1. The number of carbonyl (C=O) groups excluding carboxylic acids is 2. The van der Waals surface area contributed by atoms with Crippen LogP contribution >= 0.6 is 0 Å². The number of aryl methyl sites for hydroxylation is 2. The molecule has 0 aliphatic carbocycles. The molecule has 0 aliphatic rings. The minimum absolute atomic E-state index is 0.128. The van der Waals surface area contributed by atoms with E-state index in [1.807, 2.05) is 32.4 Å². The third-order valence-electron chi connectivity index (χ3n) is 4.38. The van der Waals surface area contributed by atoms with E-state index in [-0.39, 0.29) is 24.4 Å². The Balaban J connectivity index is 1.65. The lowest BCUT2D eigenvalue weighted by Gasteiger charge is -2.10. The summed E-state index contributed by atoms with van der Waals surface area (Å²) in [4.78, 5) is 24.6. The van der Waals surface area contributed by atoms with Crippen molar-refractivity contribution in [3.63, 3.8) is 0 Å². The van der Waals surface area contributed by atoms with E-state index in [1.165, 1.54) is 0 Å². The van der Waals surface area contributed by atoms with E-state index in [4.69, 9.17) is 4.42 Å². The highest BCUT2D eigenvalue weighted by molar-refractivity contribution is 6.01. The van der Waals surface area contributed by atoms with Crippen LogP contribution in [0.1, 0.15) is 41.8 Å². The van der Waals surface area contributed by atoms with Crippen molar-refractivity contribution in [3.05, 3.63) is 35.5 Å². The average molecular weight is 357 g/mol. The second-order valence-electron chi connectivity index (χ2n) is 6.57. The molecule has 0 fully saturated rings. The standard InChI is InChI=1S/C18H23N5O3/c1-10(2)23-12(4)17(11(3)21-23)20-16(24)9-19-18(25)14-8-15-13(22(14)5)6-7-26-15/h6-8,10H,9H2,1-5H3,(H,19,25)(H,20,24). The third kappa shape index (κ3) is 3.10. The van der Waals surface area contributed by atoms with Crippen LogP contribution in [0.2, 0.25) is 0 Å². The summed E-state index contributed by atoms with van der Waals surface area (Å²) in [6, 6.07) is 3.65. The van der Waals surface area contributed by atoms with Crippen LogP contribution in [0.5, 0.6) is 0 Å². The molecule has 0 saturated carbocycles. The molecule has 0 unspecified atom stereocenters. The number of nitrogens with one attached hydrogen (secondary N) is 2. The van der Waals surface area contributed by atoms with Crippen LogP contribution in [0.3, 0.4) is 0 Å². The SMILES string of the molecule is Cc1nn(C(C)C)c(C)c1NC(=O)CNC(=O)c1cc2occc2n1C. The van der Waals surface area contributed by atoms with Crippen LogP contribution in [0.15, 0.2) is 22.8 Å². The fourth-order valence-electron chi connectivity index (χ4n) is 3.05. The van der Waals surface area contributed by atoms with Gasteiger partial charge in [0.1, 0.15) is 5.69 Å². The van der Waals surface area contributed by atoms with Crippen molar-refractivity contribution in [2.24, 2.45) is 7.05 Å². The summed E-state index contributed by atoms with van der Waals surface area (Å²) in [5.74, 6) is -0.633. The molecule has 138 valence electrons. The maximum atomic E-state index is 12.3. The molecule has 0 aliphatic heterocycles. The molecule has 2 amide bonds. The maximum absolute atomic E-state index is 12.3. The zero-order valence-corrected chi connectivity index (χ0v) is 15.6. The van der Waals surface area contributed by atoms with Crippen LogP contribution in [-0.4, -0.2) is 32.7 Å². The molecule has 0 bridgehead atoms. The van der Waals surface area contributed by atoms with Crippen molar-refractivity contribution in [2.45, 2.75) is 33.7 Å². The molecule has 8 nitrogen and oxygen atoms in total. The Morgan fingerprint density at radius 2 is 2.04 bits per heavy atom. The van der Waals surface area contributed by atoms with Gasteiger partial charge in [-0.25, -0.2) is 0 Å². The molecule has 3 aromatic rings. The molecular formula is C18H23N5O3. The Hall–Kier alpha value is -3.03. The normalized spacial score (nSPS) is 11.3. The van der Waals surface area contributed by atoms with Crippen molar-refractivity contribution in [3.8, 4) is 0 Å². The van der Waals surface area contributed by atoms with Gasteiger partial charge >= 0.3 is 0 Å². The Morgan fingerprint density at radius 1 is 1.31 bits per heavy atom. The average Bonchev–Trinajstić information content (AvgIpc) is 3.24. The van der Waals surface area contributed by atoms with Gasteiger partial charge in [0.05, 0.1) is 35.4 Å². The summed E-state index contributed by atoms with van der Waals surface area (Å²) in [5, 5.41) is 9.91. The summed E-state index contributed by atoms with van der Waals surface area (Å²) < 4.78 is 8.89. The second kappa shape index (κ2) is 6.70. The van der Waals surface area contributed by atoms with Gasteiger partial charge in [0.25, 0.3) is 5.91 Å². The van der Waals surface area contributed by atoms with Crippen molar-refractivity contribution >= 4 is 28.6 Å². The van der Waals surface area contributed by atoms with Crippen molar-refractivity contribution in [1.82, 2.24) is 19.7 Å². The highest BCUT2D eigenvalue weighted by atomic mass is 16.3. The lowest BCUT2D eigenvalue weighted by atomic mass is 10.3. The molecule has 3 aromatic heterocycles. The predicted molar refractivity (Wildman–Crippen MR) is 98.2 cm³/mol. The van der Waals surface area contributed by atoms with Crippen LogP contribution in [0.25, 0.3) is 11.1 Å². The largest absolute Gasteiger partial charge is 0.463 e. The highest BCUT2D eigenvalue weighted by Gasteiger charge is 2.18. The Labute approximate surface area is 151 Å². The number of amides is 2. The van der Waals surface area contributed by atoms with Gasteiger partial charge < -0.3 is 19.6 Å². The summed E-state index contributed by atoms with van der Waals surface area (Å²) in [6.07, 6.45) is 1.57. The van der Waals surface area contributed by atoms with Gasteiger partial charge in [0, 0.05) is 25.2 Å². The molecule has 0 aromatic carbocycles. The molecule has 0 atom stereocenters. The van der Waals surface area contributed by atoms with E-state index < -0.39 is 0 Å². The number of rotatable bonds is 5. The van der Waals surface area contributed by atoms with E-state index in [0.29, 0.717) is 17.0 Å². The first kappa shape index (κ1) is 17.8. The molecule has 0 spiro atoms. The maximum Gasteiger partial charge on any atom is 0.268 e. The van der Waals surface area contributed by atoms with Crippen LogP contribution < -0.4 is 10.6 Å². The number of fused-ring (bicyclic) bond motifs is 1. The van der Waals surface area contributed by atoms with E-state index in [9.17, 15) is 9.59 Å². The first-order valence-corrected chi connectivity index (χ1v) is 8.46. The fourth-order valence-corrected chi connectivity index (χ4v) is 3.05. The van der Waals surface area contributed by atoms with Crippen molar-refractivity contribution < 1.29 is 14.0 Å². The van der Waals surface area contributed by atoms with Gasteiger partial charge in [0.15, 0.2) is 5.58 Å². The topological polar surface area (TPSA) is 94.1 Å². The first-order chi connectivity index (χ1) is 12.3. The van der Waals surface area contributed by atoms with Crippen LogP contribution in [-0.2, 0) is 11.8 Å². The van der Waals surface area contributed by atoms with Gasteiger partial charge in [-0.3, -0.25) is 14.3 Å². The molecule has 26 heavy (non-hydrogen) atoms. The Kier molecular flexibility index (Phi) is 4.58. The van der Waals surface area contributed by atoms with Gasteiger partial charge in [-0.2, -0.15) is 5.10 Å². The third-order valence-corrected chi connectivity index (χ3v) is 4.38. The summed E-state index contributed by atoms with van der Waals surface area (Å²) in [5.41, 5.74) is 4.22. The number of hydrogen-bond donors (Lipinski definition) is 2. The highest BCUT2D eigenvalue weighted by Crippen LogP contribution is 2.22. The molecule has 8 heteroatoms. The second-order valence-corrected chi connectivity index (χ2v) is 6.57. The smallest absolute Gasteiger partial charge is 0.268 e. The zero-order chi connectivity index (χ0) is 19.0. The van der Waals surface area contributed by atoms with Gasteiger partial charge in [-0.15, -0.1) is 0 Å². The number of furan rings is 1. The number of hydrogen-bond acceptors (Lipinski definition) is 4. The van der Waals surface area contributed by atoms with Crippen molar-refractivity contribution in [1.29, 1.82) is 0 Å².